The average Bonchev–Trinajstić information content (AvgIpc) is 3.17. The molecule has 1 aliphatic rings. The third-order valence-electron chi connectivity index (χ3n) is 3.78. The molecule has 1 fully saturated rings. The minimum atomic E-state index is -0.167. The number of nitrogens with zero attached hydrogens (tertiary/aromatic N) is 2. The zero-order valence-electron chi connectivity index (χ0n) is 12.0. The molecule has 0 spiro atoms. The van der Waals surface area contributed by atoms with E-state index in [2.05, 4.69) is 21.1 Å². The molecule has 3 nitrogen and oxygen atoms in total. The first kappa shape index (κ1) is 13.2. The lowest BCUT2D eigenvalue weighted by Crippen LogP contribution is -2.10. The minimum Gasteiger partial charge on any atom is -0.355 e. The second-order valence-electron chi connectivity index (χ2n) is 5.59. The van der Waals surface area contributed by atoms with Crippen molar-refractivity contribution in [3.8, 4) is 0 Å². The molecule has 0 radical (unpaired) electrons. The van der Waals surface area contributed by atoms with Crippen LogP contribution in [0.1, 0.15) is 35.7 Å². The second-order valence-corrected chi connectivity index (χ2v) is 5.59. The highest BCUT2D eigenvalue weighted by molar-refractivity contribution is 5.32. The van der Waals surface area contributed by atoms with Gasteiger partial charge in [-0.05, 0) is 56.4 Å². The van der Waals surface area contributed by atoms with E-state index >= 15 is 0 Å². The lowest BCUT2D eigenvalue weighted by Gasteiger charge is -2.10. The quantitative estimate of drug-likeness (QED) is 0.901. The van der Waals surface area contributed by atoms with Crippen LogP contribution in [0.25, 0.3) is 0 Å². The smallest absolute Gasteiger partial charge is 0.203 e. The first-order valence-electron chi connectivity index (χ1n) is 7.18. The molecule has 106 valence electrons. The number of nitrogens with one attached hydrogen (secondary N) is 1. The molecule has 1 saturated carbocycles. The van der Waals surface area contributed by atoms with Gasteiger partial charge in [-0.3, -0.25) is 0 Å². The van der Waals surface area contributed by atoms with Crippen molar-refractivity contribution in [3.05, 3.63) is 47.0 Å². The van der Waals surface area contributed by atoms with E-state index in [1.165, 1.54) is 24.5 Å². The monoisotopic (exact) mass is 273 g/mol. The topological polar surface area (TPSA) is 29.9 Å². The van der Waals surface area contributed by atoms with Crippen molar-refractivity contribution in [3.63, 3.8) is 0 Å². The van der Waals surface area contributed by atoms with Gasteiger partial charge in [0.1, 0.15) is 5.82 Å². The number of rotatable bonds is 5. The van der Waals surface area contributed by atoms with Gasteiger partial charge in [0.05, 0.1) is 5.69 Å². The van der Waals surface area contributed by atoms with Crippen LogP contribution in [0.5, 0.6) is 0 Å². The molecule has 1 aliphatic carbocycles. The van der Waals surface area contributed by atoms with Crippen LogP contribution in [0.2, 0.25) is 0 Å². The fourth-order valence-electron chi connectivity index (χ4n) is 2.53. The van der Waals surface area contributed by atoms with Gasteiger partial charge in [-0.15, -0.1) is 0 Å². The van der Waals surface area contributed by atoms with Crippen LogP contribution in [0.15, 0.2) is 24.4 Å². The van der Waals surface area contributed by atoms with Crippen molar-refractivity contribution in [2.45, 2.75) is 39.2 Å². The van der Waals surface area contributed by atoms with E-state index in [0.717, 1.165) is 30.2 Å². The summed E-state index contributed by atoms with van der Waals surface area (Å²) in [5.41, 5.74) is 3.24. The molecule has 0 aliphatic heterocycles. The Hall–Kier alpha value is -1.84. The molecular weight excluding hydrogens is 253 g/mol. The van der Waals surface area contributed by atoms with Gasteiger partial charge in [0.15, 0.2) is 0 Å². The fraction of sp³-hybridized carbons (Fsp3) is 0.438. The maximum absolute atomic E-state index is 13.1. The average molecular weight is 273 g/mol. The number of imidazole rings is 1. The molecule has 3 rings (SSSR count). The lowest BCUT2D eigenvalue weighted by molar-refractivity contribution is 0.625. The largest absolute Gasteiger partial charge is 0.355 e. The van der Waals surface area contributed by atoms with Crippen LogP contribution in [-0.4, -0.2) is 16.1 Å². The van der Waals surface area contributed by atoms with Gasteiger partial charge < -0.3 is 9.88 Å². The zero-order chi connectivity index (χ0) is 14.1. The number of halogens is 1. The third kappa shape index (κ3) is 2.84. The van der Waals surface area contributed by atoms with Crippen molar-refractivity contribution in [1.82, 2.24) is 9.55 Å². The Morgan fingerprint density at radius 1 is 1.35 bits per heavy atom. The fourth-order valence-corrected chi connectivity index (χ4v) is 2.53. The summed E-state index contributed by atoms with van der Waals surface area (Å²) in [6, 6.07) is 5.61. The number of hydrogen-bond acceptors (Lipinski definition) is 2. The maximum Gasteiger partial charge on any atom is 0.203 e. The van der Waals surface area contributed by atoms with Gasteiger partial charge in [-0.2, -0.15) is 0 Å². The second kappa shape index (κ2) is 5.27. The molecule has 1 heterocycles. The van der Waals surface area contributed by atoms with E-state index in [1.54, 1.807) is 6.07 Å². The van der Waals surface area contributed by atoms with Gasteiger partial charge >= 0.3 is 0 Å². The van der Waals surface area contributed by atoms with E-state index < -0.39 is 0 Å². The van der Waals surface area contributed by atoms with E-state index in [1.807, 2.05) is 19.9 Å². The minimum absolute atomic E-state index is 0.167. The summed E-state index contributed by atoms with van der Waals surface area (Å²) in [5, 5.41) is 3.40. The molecule has 0 bridgehead atoms. The Morgan fingerprint density at radius 3 is 2.85 bits per heavy atom. The van der Waals surface area contributed by atoms with E-state index in [-0.39, 0.29) is 5.82 Å². The van der Waals surface area contributed by atoms with Crippen molar-refractivity contribution < 1.29 is 4.39 Å². The van der Waals surface area contributed by atoms with Crippen LogP contribution in [0.4, 0.5) is 10.3 Å². The Morgan fingerprint density at radius 2 is 2.15 bits per heavy atom. The third-order valence-corrected chi connectivity index (χ3v) is 3.78. The standard InChI is InChI=1S/C16H20FN3/c1-11-9-14(17)4-3-13(11)7-8-18-16-19-12(2)10-20(16)15-5-6-15/h3-4,9-10,15H,5-8H2,1-2H3,(H,18,19). The Bertz CT molecular complexity index is 614. The Labute approximate surface area is 118 Å². The van der Waals surface area contributed by atoms with Gasteiger partial charge in [0.25, 0.3) is 0 Å². The van der Waals surface area contributed by atoms with E-state index in [4.69, 9.17) is 0 Å². The summed E-state index contributed by atoms with van der Waals surface area (Å²) in [6.07, 6.45) is 5.49. The number of benzene rings is 1. The molecule has 1 aromatic heterocycles. The summed E-state index contributed by atoms with van der Waals surface area (Å²) >= 11 is 0. The molecule has 4 heteroatoms. The summed E-state index contributed by atoms with van der Waals surface area (Å²) in [6.45, 7) is 4.79. The van der Waals surface area contributed by atoms with Crippen LogP contribution >= 0.6 is 0 Å². The summed E-state index contributed by atoms with van der Waals surface area (Å²) in [7, 11) is 0. The maximum atomic E-state index is 13.1. The first-order valence-corrected chi connectivity index (χ1v) is 7.18. The normalized spacial score (nSPS) is 14.6. The Kier molecular flexibility index (Phi) is 3.47. The molecule has 0 saturated heterocycles. The van der Waals surface area contributed by atoms with E-state index in [0.29, 0.717) is 6.04 Å². The van der Waals surface area contributed by atoms with E-state index in [9.17, 15) is 4.39 Å². The number of aromatic nitrogens is 2. The number of aryl methyl sites for hydroxylation is 2. The molecule has 2 aromatic rings. The highest BCUT2D eigenvalue weighted by Gasteiger charge is 2.26. The molecule has 1 N–H and O–H groups in total. The highest BCUT2D eigenvalue weighted by atomic mass is 19.1. The van der Waals surface area contributed by atoms with Crippen molar-refractivity contribution >= 4 is 5.95 Å². The summed E-state index contributed by atoms with van der Waals surface area (Å²) in [4.78, 5) is 4.53. The predicted molar refractivity (Wildman–Crippen MR) is 78.6 cm³/mol. The highest BCUT2D eigenvalue weighted by Crippen LogP contribution is 2.37. The SMILES string of the molecule is Cc1cn(C2CC2)c(NCCc2ccc(F)cc2C)n1. The van der Waals surface area contributed by atoms with Crippen molar-refractivity contribution in [2.24, 2.45) is 0 Å². The molecule has 0 atom stereocenters. The number of anilines is 1. The van der Waals surface area contributed by atoms with Crippen LogP contribution in [0.3, 0.4) is 0 Å². The van der Waals surface area contributed by atoms with Crippen LogP contribution < -0.4 is 5.32 Å². The first-order chi connectivity index (χ1) is 9.63. The molecule has 0 unspecified atom stereocenters. The Balaban J connectivity index is 1.62. The summed E-state index contributed by atoms with van der Waals surface area (Å²) < 4.78 is 15.3. The molecular formula is C16H20FN3. The van der Waals surface area contributed by atoms with Gasteiger partial charge in [0.2, 0.25) is 5.95 Å². The van der Waals surface area contributed by atoms with Crippen LogP contribution in [-0.2, 0) is 6.42 Å². The van der Waals surface area contributed by atoms with Gasteiger partial charge in [0, 0.05) is 18.8 Å². The molecule has 0 amide bonds. The van der Waals surface area contributed by atoms with Crippen LogP contribution in [0, 0.1) is 19.7 Å². The van der Waals surface area contributed by atoms with Crippen molar-refractivity contribution in [1.29, 1.82) is 0 Å². The summed E-state index contributed by atoms with van der Waals surface area (Å²) in [5.74, 6) is 0.795. The zero-order valence-corrected chi connectivity index (χ0v) is 12.0. The molecule has 1 aromatic carbocycles. The molecule has 20 heavy (non-hydrogen) atoms. The predicted octanol–water partition coefficient (Wildman–Crippen LogP) is 3.63. The van der Waals surface area contributed by atoms with Gasteiger partial charge in [-0.1, -0.05) is 6.07 Å². The van der Waals surface area contributed by atoms with Gasteiger partial charge in [-0.25, -0.2) is 9.37 Å². The van der Waals surface area contributed by atoms with Crippen molar-refractivity contribution in [2.75, 3.05) is 11.9 Å². The lowest BCUT2D eigenvalue weighted by atomic mass is 10.1. The number of hydrogen-bond donors (Lipinski definition) is 1.